The minimum atomic E-state index is -0.335. The average Bonchev–Trinajstić information content (AvgIpc) is 2.51. The van der Waals surface area contributed by atoms with E-state index in [1.807, 2.05) is 0 Å². The van der Waals surface area contributed by atoms with Crippen molar-refractivity contribution in [3.05, 3.63) is 40.4 Å². The van der Waals surface area contributed by atoms with Crippen molar-refractivity contribution in [3.8, 4) is 5.75 Å². The predicted molar refractivity (Wildman–Crippen MR) is 96.4 cm³/mol. The molecule has 1 aromatic rings. The first-order chi connectivity index (χ1) is 10.9. The van der Waals surface area contributed by atoms with Crippen molar-refractivity contribution in [2.75, 3.05) is 7.11 Å². The summed E-state index contributed by atoms with van der Waals surface area (Å²) in [5.74, 6) is 0.655. The Morgan fingerprint density at radius 1 is 1.43 bits per heavy atom. The smallest absolute Gasteiger partial charge is 0.275 e. The number of hydrogen-bond acceptors (Lipinski definition) is 3. The van der Waals surface area contributed by atoms with Crippen LogP contribution in [0.15, 0.2) is 34.9 Å². The molecule has 23 heavy (non-hydrogen) atoms. The lowest BCUT2D eigenvalue weighted by Gasteiger charge is -2.08. The number of nitrogens with zero attached hydrogens (tertiary/aromatic N) is 1. The number of rotatable bonds is 8. The van der Waals surface area contributed by atoms with Gasteiger partial charge in [-0.1, -0.05) is 30.2 Å². The van der Waals surface area contributed by atoms with E-state index >= 15 is 0 Å². The maximum absolute atomic E-state index is 12.1. The van der Waals surface area contributed by atoms with Gasteiger partial charge in [-0.2, -0.15) is 5.10 Å². The van der Waals surface area contributed by atoms with Gasteiger partial charge in [-0.25, -0.2) is 5.43 Å². The third-order valence-corrected chi connectivity index (χ3v) is 3.62. The normalized spacial score (nSPS) is 12.0. The molecule has 0 radical (unpaired) electrons. The monoisotopic (exact) mass is 336 g/mol. The maximum atomic E-state index is 12.1. The molecular weight excluding hydrogens is 312 g/mol. The fraction of sp³-hybridized carbons (Fsp3) is 0.444. The van der Waals surface area contributed by atoms with E-state index in [4.69, 9.17) is 16.3 Å². The Hall–Kier alpha value is -1.81. The van der Waals surface area contributed by atoms with E-state index in [1.54, 1.807) is 24.4 Å². The van der Waals surface area contributed by atoms with Gasteiger partial charge in [0, 0.05) is 11.2 Å². The molecule has 126 valence electrons. The van der Waals surface area contributed by atoms with Gasteiger partial charge in [0.1, 0.15) is 5.75 Å². The van der Waals surface area contributed by atoms with Crippen LogP contribution in [-0.2, 0) is 0 Å². The van der Waals surface area contributed by atoms with Crippen LogP contribution in [0.1, 0.15) is 50.4 Å². The molecule has 1 unspecified atom stereocenters. The summed E-state index contributed by atoms with van der Waals surface area (Å²) in [6.07, 6.45) is 6.98. The SMILES string of the molecule is COc1ccc(Cl)cc1C(=O)NN=CCC(C)CCC=C(C)C. The maximum Gasteiger partial charge on any atom is 0.275 e. The van der Waals surface area contributed by atoms with Crippen LogP contribution in [0.25, 0.3) is 0 Å². The zero-order valence-corrected chi connectivity index (χ0v) is 15.0. The first kappa shape index (κ1) is 19.2. The summed E-state index contributed by atoms with van der Waals surface area (Å²) < 4.78 is 5.15. The number of amides is 1. The fourth-order valence-electron chi connectivity index (χ4n) is 2.03. The Labute approximate surface area is 143 Å². The van der Waals surface area contributed by atoms with Gasteiger partial charge in [0.25, 0.3) is 5.91 Å². The van der Waals surface area contributed by atoms with Crippen LogP contribution in [0.4, 0.5) is 0 Å². The number of halogens is 1. The molecule has 0 aromatic heterocycles. The standard InChI is InChI=1S/C18H25ClN2O2/c1-13(2)6-5-7-14(3)10-11-20-21-18(22)16-12-15(19)8-9-17(16)23-4/h6,8-9,11-12,14H,5,7,10H2,1-4H3,(H,21,22). The summed E-state index contributed by atoms with van der Waals surface area (Å²) in [6, 6.07) is 4.90. The molecule has 0 heterocycles. The second-order valence-corrected chi connectivity index (χ2v) is 6.23. The van der Waals surface area contributed by atoms with E-state index in [0.717, 1.165) is 19.3 Å². The van der Waals surface area contributed by atoms with Crippen molar-refractivity contribution in [1.29, 1.82) is 0 Å². The Morgan fingerprint density at radius 3 is 2.83 bits per heavy atom. The number of carbonyl (C=O) groups is 1. The second-order valence-electron chi connectivity index (χ2n) is 5.80. The summed E-state index contributed by atoms with van der Waals surface area (Å²) in [4.78, 5) is 12.1. The van der Waals surface area contributed by atoms with Crippen molar-refractivity contribution in [2.24, 2.45) is 11.0 Å². The molecule has 0 bridgehead atoms. The second kappa shape index (κ2) is 10.1. The van der Waals surface area contributed by atoms with Crippen LogP contribution >= 0.6 is 11.6 Å². The summed E-state index contributed by atoms with van der Waals surface area (Å²) in [5, 5.41) is 4.48. The van der Waals surface area contributed by atoms with Gasteiger partial charge in [-0.05, 0) is 57.2 Å². The average molecular weight is 337 g/mol. The third kappa shape index (κ3) is 7.33. The van der Waals surface area contributed by atoms with E-state index in [9.17, 15) is 4.79 Å². The topological polar surface area (TPSA) is 50.7 Å². The van der Waals surface area contributed by atoms with Crippen LogP contribution in [0.2, 0.25) is 5.02 Å². The zero-order valence-electron chi connectivity index (χ0n) is 14.2. The van der Waals surface area contributed by atoms with Crippen LogP contribution in [0.3, 0.4) is 0 Å². The van der Waals surface area contributed by atoms with Crippen LogP contribution in [0.5, 0.6) is 5.75 Å². The number of allylic oxidation sites excluding steroid dienone is 2. The summed E-state index contributed by atoms with van der Waals surface area (Å²) in [5.41, 5.74) is 4.22. The molecule has 1 aromatic carbocycles. The lowest BCUT2D eigenvalue weighted by Crippen LogP contribution is -2.18. The number of ether oxygens (including phenoxy) is 1. The predicted octanol–water partition coefficient (Wildman–Crippen LogP) is 4.84. The summed E-state index contributed by atoms with van der Waals surface area (Å²) in [6.45, 7) is 6.38. The first-order valence-corrected chi connectivity index (χ1v) is 8.10. The van der Waals surface area contributed by atoms with Crippen LogP contribution in [0, 0.1) is 5.92 Å². The first-order valence-electron chi connectivity index (χ1n) is 7.72. The molecule has 0 saturated heterocycles. The summed E-state index contributed by atoms with van der Waals surface area (Å²) in [7, 11) is 1.51. The number of benzene rings is 1. The Bertz CT molecular complexity index is 578. The number of methoxy groups -OCH3 is 1. The van der Waals surface area contributed by atoms with E-state index in [1.165, 1.54) is 12.7 Å². The highest BCUT2D eigenvalue weighted by molar-refractivity contribution is 6.31. The highest BCUT2D eigenvalue weighted by Crippen LogP contribution is 2.22. The van der Waals surface area contributed by atoms with Crippen LogP contribution < -0.4 is 10.2 Å². The minimum Gasteiger partial charge on any atom is -0.496 e. The van der Waals surface area contributed by atoms with Gasteiger partial charge >= 0.3 is 0 Å². The van der Waals surface area contributed by atoms with Gasteiger partial charge in [0.15, 0.2) is 0 Å². The van der Waals surface area contributed by atoms with Crippen molar-refractivity contribution in [3.63, 3.8) is 0 Å². The van der Waals surface area contributed by atoms with E-state index in [-0.39, 0.29) is 5.91 Å². The zero-order chi connectivity index (χ0) is 17.2. The number of carbonyl (C=O) groups excluding carboxylic acids is 1. The molecule has 0 aliphatic rings. The number of hydrogen-bond donors (Lipinski definition) is 1. The molecule has 0 spiro atoms. The van der Waals surface area contributed by atoms with Crippen LogP contribution in [-0.4, -0.2) is 19.2 Å². The quantitative estimate of drug-likeness (QED) is 0.419. The van der Waals surface area contributed by atoms with Gasteiger partial charge in [-0.3, -0.25) is 4.79 Å². The molecule has 0 aliphatic heterocycles. The molecule has 4 nitrogen and oxygen atoms in total. The molecule has 5 heteroatoms. The Morgan fingerprint density at radius 2 is 2.17 bits per heavy atom. The lowest BCUT2D eigenvalue weighted by molar-refractivity contribution is 0.0952. The molecule has 0 fully saturated rings. The molecule has 1 atom stereocenters. The minimum absolute atomic E-state index is 0.335. The van der Waals surface area contributed by atoms with Gasteiger partial charge in [0.05, 0.1) is 12.7 Å². The number of nitrogens with one attached hydrogen (secondary N) is 1. The Balaban J connectivity index is 2.47. The number of hydrazone groups is 1. The van der Waals surface area contributed by atoms with Gasteiger partial charge < -0.3 is 4.74 Å². The highest BCUT2D eigenvalue weighted by atomic mass is 35.5. The van der Waals surface area contributed by atoms with Crippen molar-refractivity contribution >= 4 is 23.7 Å². The molecule has 0 aliphatic carbocycles. The molecule has 0 saturated carbocycles. The molecule has 1 amide bonds. The largest absolute Gasteiger partial charge is 0.496 e. The molecule has 1 N–H and O–H groups in total. The van der Waals surface area contributed by atoms with E-state index < -0.39 is 0 Å². The summed E-state index contributed by atoms with van der Waals surface area (Å²) >= 11 is 5.91. The Kier molecular flexibility index (Phi) is 8.41. The highest BCUT2D eigenvalue weighted by Gasteiger charge is 2.12. The molecule has 1 rings (SSSR count). The van der Waals surface area contributed by atoms with Gasteiger partial charge in [0.2, 0.25) is 0 Å². The van der Waals surface area contributed by atoms with Crippen molar-refractivity contribution in [1.82, 2.24) is 5.43 Å². The van der Waals surface area contributed by atoms with Gasteiger partial charge in [-0.15, -0.1) is 0 Å². The molecular formula is C18H25ClN2O2. The van der Waals surface area contributed by atoms with Crippen molar-refractivity contribution in [2.45, 2.75) is 40.0 Å². The van der Waals surface area contributed by atoms with Crippen molar-refractivity contribution < 1.29 is 9.53 Å². The van der Waals surface area contributed by atoms with E-state index in [0.29, 0.717) is 22.3 Å². The lowest BCUT2D eigenvalue weighted by atomic mass is 10.0. The third-order valence-electron chi connectivity index (χ3n) is 3.38. The van der Waals surface area contributed by atoms with E-state index in [2.05, 4.69) is 37.4 Å². The fourth-order valence-corrected chi connectivity index (χ4v) is 2.20.